The summed E-state index contributed by atoms with van der Waals surface area (Å²) >= 11 is 11.9. The number of esters is 1. The van der Waals surface area contributed by atoms with Crippen LogP contribution in [-0.2, 0) is 15.7 Å². The van der Waals surface area contributed by atoms with Crippen LogP contribution in [0, 0.1) is 6.92 Å². The minimum atomic E-state index is -5.05. The van der Waals surface area contributed by atoms with Gasteiger partial charge in [-0.1, -0.05) is 41.4 Å². The van der Waals surface area contributed by atoms with E-state index in [0.29, 0.717) is 23.0 Å². The van der Waals surface area contributed by atoms with E-state index in [1.54, 1.807) is 37.5 Å². The number of amides is 1. The van der Waals surface area contributed by atoms with Gasteiger partial charge in [0.05, 0.1) is 32.6 Å². The lowest BCUT2D eigenvalue weighted by molar-refractivity contribution is -0.137. The second-order valence-corrected chi connectivity index (χ2v) is 11.1. The van der Waals surface area contributed by atoms with E-state index in [4.69, 9.17) is 27.9 Å². The van der Waals surface area contributed by atoms with E-state index in [0.717, 1.165) is 17.7 Å². The Morgan fingerprint density at radius 3 is 2.20 bits per heavy atom. The standard InChI is InChI=1S/C34H22Cl2F3N5O5/c1-18-7-8-20(15-27(18)44-33-41-13-11-25(43-33)21-4-3-12-40-16-21)31(47)30(46)19-9-10-26(22(14-19)34(37,38)39)42-28(45)17-49-32(48)29-23(35)5-2-6-24(29)36/h2-16H,17H2,1H3,(H,42,45)(H,41,43,44). The topological polar surface area (TPSA) is 140 Å². The molecule has 5 rings (SSSR count). The van der Waals surface area contributed by atoms with Crippen molar-refractivity contribution in [2.24, 2.45) is 0 Å². The predicted molar refractivity (Wildman–Crippen MR) is 175 cm³/mol. The summed E-state index contributed by atoms with van der Waals surface area (Å²) in [5.41, 5.74) is -0.667. The molecular weight excluding hydrogens is 686 g/mol. The number of rotatable bonds is 10. The van der Waals surface area contributed by atoms with Crippen LogP contribution >= 0.6 is 23.2 Å². The second kappa shape index (κ2) is 14.6. The van der Waals surface area contributed by atoms with Crippen molar-refractivity contribution in [2.75, 3.05) is 17.2 Å². The van der Waals surface area contributed by atoms with Gasteiger partial charge < -0.3 is 15.4 Å². The van der Waals surface area contributed by atoms with Gasteiger partial charge in [0.15, 0.2) is 6.61 Å². The molecule has 0 spiro atoms. The number of carbonyl (C=O) groups is 4. The number of nitrogens with zero attached hydrogens (tertiary/aromatic N) is 3. The first-order valence-corrected chi connectivity index (χ1v) is 14.9. The Kier molecular flexibility index (Phi) is 10.3. The van der Waals surface area contributed by atoms with Crippen molar-refractivity contribution in [2.45, 2.75) is 13.1 Å². The smallest absolute Gasteiger partial charge is 0.418 e. The monoisotopic (exact) mass is 707 g/mol. The van der Waals surface area contributed by atoms with Gasteiger partial charge in [0.2, 0.25) is 17.5 Å². The number of anilines is 3. The van der Waals surface area contributed by atoms with E-state index in [1.165, 1.54) is 36.5 Å². The molecule has 10 nitrogen and oxygen atoms in total. The molecule has 0 bridgehead atoms. The third-order valence-electron chi connectivity index (χ3n) is 6.93. The number of halogens is 5. The zero-order valence-electron chi connectivity index (χ0n) is 25.1. The van der Waals surface area contributed by atoms with Crippen molar-refractivity contribution in [3.8, 4) is 11.3 Å². The largest absolute Gasteiger partial charge is 0.452 e. The van der Waals surface area contributed by atoms with Gasteiger partial charge in [0.25, 0.3) is 5.91 Å². The molecule has 2 aromatic heterocycles. The minimum Gasteiger partial charge on any atom is -0.452 e. The average Bonchev–Trinajstić information content (AvgIpc) is 3.08. The maximum absolute atomic E-state index is 14.0. The average molecular weight is 708 g/mol. The van der Waals surface area contributed by atoms with Crippen molar-refractivity contribution in [1.29, 1.82) is 0 Å². The third kappa shape index (κ3) is 8.26. The van der Waals surface area contributed by atoms with Crippen LogP contribution in [0.4, 0.5) is 30.5 Å². The summed E-state index contributed by atoms with van der Waals surface area (Å²) in [7, 11) is 0. The van der Waals surface area contributed by atoms with Gasteiger partial charge in [-0.25, -0.2) is 14.8 Å². The number of nitrogens with one attached hydrogen (secondary N) is 2. The molecule has 0 saturated carbocycles. The first-order valence-electron chi connectivity index (χ1n) is 14.1. The van der Waals surface area contributed by atoms with Crippen LogP contribution in [0.25, 0.3) is 11.3 Å². The quantitative estimate of drug-likeness (QED) is 0.0846. The van der Waals surface area contributed by atoms with E-state index in [9.17, 15) is 32.3 Å². The van der Waals surface area contributed by atoms with Crippen LogP contribution in [0.2, 0.25) is 10.0 Å². The number of carbonyl (C=O) groups excluding carboxylic acids is 4. The molecule has 49 heavy (non-hydrogen) atoms. The Balaban J connectivity index is 1.31. The van der Waals surface area contributed by atoms with Crippen molar-refractivity contribution in [3.63, 3.8) is 0 Å². The van der Waals surface area contributed by atoms with Crippen LogP contribution in [0.1, 0.15) is 42.2 Å². The van der Waals surface area contributed by atoms with Crippen molar-refractivity contribution < 1.29 is 37.1 Å². The predicted octanol–water partition coefficient (Wildman–Crippen LogP) is 7.78. The summed E-state index contributed by atoms with van der Waals surface area (Å²) in [6.45, 7) is 0.762. The molecule has 5 aromatic rings. The van der Waals surface area contributed by atoms with Gasteiger partial charge >= 0.3 is 12.1 Å². The maximum Gasteiger partial charge on any atom is 0.418 e. The SMILES string of the molecule is Cc1ccc(C(=O)C(=O)c2ccc(NC(=O)COC(=O)c3c(Cl)cccc3Cl)c(C(F)(F)F)c2)cc1Nc1nccc(-c2cccnc2)n1. The number of benzene rings is 3. The fourth-order valence-corrected chi connectivity index (χ4v) is 5.04. The molecule has 15 heteroatoms. The van der Waals surface area contributed by atoms with Crippen LogP contribution in [0.15, 0.2) is 91.4 Å². The van der Waals surface area contributed by atoms with Gasteiger partial charge in [-0.3, -0.25) is 19.4 Å². The number of hydrogen-bond donors (Lipinski definition) is 2. The van der Waals surface area contributed by atoms with Crippen molar-refractivity contribution in [1.82, 2.24) is 15.0 Å². The zero-order valence-corrected chi connectivity index (χ0v) is 26.7. The highest BCUT2D eigenvalue weighted by Gasteiger charge is 2.35. The lowest BCUT2D eigenvalue weighted by Gasteiger charge is -2.15. The molecular formula is C34H22Cl2F3N5O5. The molecule has 0 aliphatic heterocycles. The van der Waals surface area contributed by atoms with E-state index >= 15 is 0 Å². The molecule has 0 aliphatic carbocycles. The first-order chi connectivity index (χ1) is 23.3. The summed E-state index contributed by atoms with van der Waals surface area (Å²) < 4.78 is 47.0. The number of hydrogen-bond acceptors (Lipinski definition) is 9. The first kappa shape index (κ1) is 34.7. The number of aromatic nitrogens is 3. The summed E-state index contributed by atoms with van der Waals surface area (Å²) in [4.78, 5) is 63.8. The van der Waals surface area contributed by atoms with Gasteiger partial charge in [-0.2, -0.15) is 13.2 Å². The van der Waals surface area contributed by atoms with Crippen LogP contribution < -0.4 is 10.6 Å². The summed E-state index contributed by atoms with van der Waals surface area (Å²) in [6, 6.07) is 16.0. The number of pyridine rings is 1. The Bertz CT molecular complexity index is 2080. The number of aryl methyl sites for hydroxylation is 1. The molecule has 1 amide bonds. The molecule has 0 radical (unpaired) electrons. The van der Waals surface area contributed by atoms with Gasteiger partial charge in [0, 0.05) is 41.0 Å². The molecule has 2 N–H and O–H groups in total. The van der Waals surface area contributed by atoms with Crippen LogP contribution in [0.5, 0.6) is 0 Å². The summed E-state index contributed by atoms with van der Waals surface area (Å²) in [5, 5.41) is 4.91. The van der Waals surface area contributed by atoms with E-state index < -0.39 is 53.0 Å². The fraction of sp³-hybridized carbons (Fsp3) is 0.0882. The van der Waals surface area contributed by atoms with Gasteiger partial charge in [-0.05, 0) is 67.1 Å². The zero-order chi connectivity index (χ0) is 35.3. The Labute approximate surface area is 286 Å². The number of ketones is 2. The molecule has 0 aliphatic rings. The minimum absolute atomic E-state index is 0.0502. The molecule has 3 aromatic carbocycles. The highest BCUT2D eigenvalue weighted by Crippen LogP contribution is 2.36. The second-order valence-electron chi connectivity index (χ2n) is 10.3. The highest BCUT2D eigenvalue weighted by molar-refractivity contribution is 6.49. The van der Waals surface area contributed by atoms with E-state index in [-0.39, 0.29) is 27.1 Å². The van der Waals surface area contributed by atoms with Crippen LogP contribution in [0.3, 0.4) is 0 Å². The van der Waals surface area contributed by atoms with E-state index in [2.05, 4.69) is 20.3 Å². The lowest BCUT2D eigenvalue weighted by Crippen LogP contribution is -2.23. The van der Waals surface area contributed by atoms with E-state index in [1.807, 2.05) is 11.4 Å². The van der Waals surface area contributed by atoms with Crippen molar-refractivity contribution >= 4 is 64.0 Å². The number of alkyl halides is 3. The Morgan fingerprint density at radius 1 is 0.837 bits per heavy atom. The lowest BCUT2D eigenvalue weighted by atomic mass is 9.97. The Morgan fingerprint density at radius 2 is 1.53 bits per heavy atom. The maximum atomic E-state index is 14.0. The van der Waals surface area contributed by atoms with Crippen molar-refractivity contribution in [3.05, 3.63) is 129 Å². The normalized spacial score (nSPS) is 11.1. The molecule has 2 heterocycles. The van der Waals surface area contributed by atoms with Gasteiger partial charge in [-0.15, -0.1) is 0 Å². The molecule has 0 atom stereocenters. The molecule has 0 unspecified atom stereocenters. The van der Waals surface area contributed by atoms with Crippen LogP contribution in [-0.4, -0.2) is 45.0 Å². The summed E-state index contributed by atoms with van der Waals surface area (Å²) in [6.07, 6.45) is -0.269. The summed E-state index contributed by atoms with van der Waals surface area (Å²) in [5.74, 6) is -4.30. The molecule has 0 saturated heterocycles. The fourth-order valence-electron chi connectivity index (χ4n) is 4.49. The number of ether oxygens (including phenoxy) is 1. The number of Topliss-reactive ketones (excluding diaryl/α,β-unsaturated/α-hetero) is 2. The molecule has 0 fully saturated rings. The Hall–Kier alpha value is -5.66. The highest BCUT2D eigenvalue weighted by atomic mass is 35.5. The van der Waals surface area contributed by atoms with Gasteiger partial charge in [0.1, 0.15) is 0 Å². The third-order valence-corrected chi connectivity index (χ3v) is 7.56. The molecule has 248 valence electrons.